The highest BCUT2D eigenvalue weighted by atomic mass is 16.6. The lowest BCUT2D eigenvalue weighted by molar-refractivity contribution is -0.139. The van der Waals surface area contributed by atoms with E-state index in [0.717, 1.165) is 76.0 Å². The van der Waals surface area contributed by atoms with Gasteiger partial charge in [0.15, 0.2) is 5.75 Å². The number of nitrogens with zero attached hydrogens (tertiary/aromatic N) is 3. The number of ether oxygens (including phenoxy) is 1. The number of anilines is 1. The fraction of sp³-hybridized carbons (Fsp3) is 0.609. The van der Waals surface area contributed by atoms with Crippen molar-refractivity contribution in [3.05, 3.63) is 17.8 Å². The molecular formula is C23H30N4O4. The second-order valence-corrected chi connectivity index (χ2v) is 8.95. The molecule has 3 heterocycles. The zero-order chi connectivity index (χ0) is 22.0. The van der Waals surface area contributed by atoms with E-state index < -0.39 is 6.09 Å². The number of amides is 2. The van der Waals surface area contributed by atoms with Gasteiger partial charge in [0.25, 0.3) is 0 Å². The molecule has 8 heteroatoms. The zero-order valence-electron chi connectivity index (χ0n) is 18.0. The molecule has 1 saturated carbocycles. The van der Waals surface area contributed by atoms with Gasteiger partial charge in [0.05, 0.1) is 17.7 Å². The largest absolute Gasteiger partial charge is 0.424 e. The summed E-state index contributed by atoms with van der Waals surface area (Å²) in [6, 6.07) is 4.08. The number of pyridine rings is 1. The molecule has 2 amide bonds. The first-order chi connectivity index (χ1) is 14.9. The maximum absolute atomic E-state index is 13.3. The summed E-state index contributed by atoms with van der Waals surface area (Å²) in [5.41, 5.74) is 0.652. The number of likely N-dealkylation sites (tertiary alicyclic amines) is 1. The van der Waals surface area contributed by atoms with E-state index in [1.54, 1.807) is 6.07 Å². The van der Waals surface area contributed by atoms with Gasteiger partial charge in [0, 0.05) is 31.7 Å². The molecule has 1 aromatic heterocycles. The van der Waals surface area contributed by atoms with Gasteiger partial charge < -0.3 is 19.6 Å². The minimum Gasteiger partial charge on any atom is -0.408 e. The van der Waals surface area contributed by atoms with Gasteiger partial charge in [-0.25, -0.2) is 15.1 Å². The van der Waals surface area contributed by atoms with Crippen LogP contribution in [0.25, 0.3) is 0 Å². The average molecular weight is 427 g/mol. The number of carbonyl (C=O) groups excluding carboxylic acids is 2. The number of rotatable bonds is 3. The number of carbonyl (C=O) groups is 2. The fourth-order valence-electron chi connectivity index (χ4n) is 5.30. The van der Waals surface area contributed by atoms with Crippen molar-refractivity contribution in [3.8, 4) is 18.2 Å². The summed E-state index contributed by atoms with van der Waals surface area (Å²) in [5.74, 6) is 1.49. The molecule has 166 valence electrons. The highest BCUT2D eigenvalue weighted by molar-refractivity contribution is 5.85. The van der Waals surface area contributed by atoms with Crippen LogP contribution in [0.4, 0.5) is 10.6 Å². The number of aliphatic hydroxyl groups is 1. The molecule has 1 spiro atoms. The molecule has 0 unspecified atom stereocenters. The highest BCUT2D eigenvalue weighted by Crippen LogP contribution is 2.44. The topological polar surface area (TPSA) is 95.0 Å². The van der Waals surface area contributed by atoms with E-state index in [1.165, 1.54) is 6.20 Å². The minimum atomic E-state index is -0.715. The van der Waals surface area contributed by atoms with Gasteiger partial charge in [-0.3, -0.25) is 4.79 Å². The Bertz CT molecular complexity index is 880. The van der Waals surface area contributed by atoms with Crippen molar-refractivity contribution in [1.82, 2.24) is 15.2 Å². The van der Waals surface area contributed by atoms with E-state index in [-0.39, 0.29) is 17.6 Å². The number of nitrogens with one attached hydrogen (secondary N) is 1. The van der Waals surface area contributed by atoms with Crippen LogP contribution in [-0.4, -0.2) is 58.8 Å². The van der Waals surface area contributed by atoms with Crippen LogP contribution >= 0.6 is 0 Å². The summed E-state index contributed by atoms with van der Waals surface area (Å²) in [5, 5.41) is 11.9. The summed E-state index contributed by atoms with van der Waals surface area (Å²) < 4.78 is 5.10. The van der Waals surface area contributed by atoms with Gasteiger partial charge in [-0.1, -0.05) is 6.42 Å². The molecular weight excluding hydrogens is 396 g/mol. The maximum Gasteiger partial charge on any atom is 0.424 e. The van der Waals surface area contributed by atoms with E-state index in [4.69, 9.17) is 11.2 Å². The van der Waals surface area contributed by atoms with Gasteiger partial charge >= 0.3 is 6.09 Å². The van der Waals surface area contributed by atoms with E-state index in [0.29, 0.717) is 11.7 Å². The van der Waals surface area contributed by atoms with E-state index >= 15 is 0 Å². The number of aliphatic hydroxyl groups excluding tert-OH is 1. The SMILES string of the molecule is C#CNC(=O)Oc1cnc(N2CCC3(CC2)CCN(C2CCC(O)CC2)C3=O)c(C)c1. The lowest BCUT2D eigenvalue weighted by Crippen LogP contribution is -2.47. The van der Waals surface area contributed by atoms with Crippen molar-refractivity contribution in [1.29, 1.82) is 0 Å². The first kappa shape index (κ1) is 21.4. The Morgan fingerprint density at radius 1 is 1.26 bits per heavy atom. The third kappa shape index (κ3) is 4.33. The number of piperidine rings is 1. The van der Waals surface area contributed by atoms with Crippen LogP contribution in [0.1, 0.15) is 50.5 Å². The summed E-state index contributed by atoms with van der Waals surface area (Å²) in [6.07, 6.45) is 11.6. The lowest BCUT2D eigenvalue weighted by atomic mass is 9.77. The molecule has 0 radical (unpaired) electrons. The van der Waals surface area contributed by atoms with Gasteiger partial charge in [-0.05, 0) is 63.5 Å². The van der Waals surface area contributed by atoms with Crippen molar-refractivity contribution in [2.75, 3.05) is 24.5 Å². The maximum atomic E-state index is 13.3. The molecule has 3 aliphatic rings. The molecule has 2 N–H and O–H groups in total. The van der Waals surface area contributed by atoms with E-state index in [1.807, 2.05) is 13.0 Å². The Hall–Kier alpha value is -2.79. The minimum absolute atomic E-state index is 0.203. The standard InChI is InChI=1S/C23H30N4O4/c1-3-24-22(30)31-19-14-16(2)20(25-15-19)26-11-8-23(9-12-26)10-13-27(21(23)29)17-4-6-18(28)7-5-17/h1,14-15,17-18,28H,4-13H2,2H3,(H,24,30). The van der Waals surface area contributed by atoms with Gasteiger partial charge in [-0.2, -0.15) is 0 Å². The second kappa shape index (κ2) is 8.75. The Balaban J connectivity index is 1.37. The molecule has 1 aliphatic carbocycles. The third-order valence-electron chi connectivity index (χ3n) is 7.08. The van der Waals surface area contributed by atoms with Crippen LogP contribution in [0.15, 0.2) is 12.3 Å². The van der Waals surface area contributed by atoms with Crippen LogP contribution in [-0.2, 0) is 4.79 Å². The predicted molar refractivity (Wildman–Crippen MR) is 115 cm³/mol. The molecule has 0 bridgehead atoms. The molecule has 2 aliphatic heterocycles. The van der Waals surface area contributed by atoms with Crippen LogP contribution in [0.3, 0.4) is 0 Å². The van der Waals surface area contributed by atoms with Crippen LogP contribution < -0.4 is 15.0 Å². The predicted octanol–water partition coefficient (Wildman–Crippen LogP) is 2.19. The Morgan fingerprint density at radius 3 is 2.58 bits per heavy atom. The van der Waals surface area contributed by atoms with Crippen molar-refractivity contribution in [2.24, 2.45) is 5.41 Å². The summed E-state index contributed by atoms with van der Waals surface area (Å²) in [6.45, 7) is 4.31. The smallest absolute Gasteiger partial charge is 0.408 e. The Labute approximate surface area is 183 Å². The molecule has 4 rings (SSSR count). The Morgan fingerprint density at radius 2 is 1.94 bits per heavy atom. The molecule has 3 fully saturated rings. The average Bonchev–Trinajstić information content (AvgIpc) is 3.06. The first-order valence-electron chi connectivity index (χ1n) is 11.1. The second-order valence-electron chi connectivity index (χ2n) is 8.95. The van der Waals surface area contributed by atoms with E-state index in [9.17, 15) is 14.7 Å². The van der Waals surface area contributed by atoms with Gasteiger partial charge in [-0.15, -0.1) is 0 Å². The summed E-state index contributed by atoms with van der Waals surface area (Å²) in [4.78, 5) is 33.6. The number of aryl methyl sites for hydroxylation is 1. The molecule has 0 aromatic carbocycles. The van der Waals surface area contributed by atoms with Crippen molar-refractivity contribution in [2.45, 2.75) is 64.0 Å². The zero-order valence-corrected chi connectivity index (χ0v) is 18.0. The van der Waals surface area contributed by atoms with Gasteiger partial charge in [0.2, 0.25) is 5.91 Å². The fourth-order valence-corrected chi connectivity index (χ4v) is 5.30. The third-order valence-corrected chi connectivity index (χ3v) is 7.08. The number of hydrogen-bond donors (Lipinski definition) is 2. The van der Waals surface area contributed by atoms with Crippen LogP contribution in [0.2, 0.25) is 0 Å². The van der Waals surface area contributed by atoms with E-state index in [2.05, 4.69) is 20.1 Å². The Kier molecular flexibility index (Phi) is 6.05. The molecule has 8 nitrogen and oxygen atoms in total. The van der Waals surface area contributed by atoms with Crippen LogP contribution in [0.5, 0.6) is 5.75 Å². The normalized spacial score (nSPS) is 25.4. The van der Waals surface area contributed by atoms with Crippen molar-refractivity contribution >= 4 is 17.8 Å². The summed E-state index contributed by atoms with van der Waals surface area (Å²) in [7, 11) is 0. The number of hydrogen-bond acceptors (Lipinski definition) is 6. The molecule has 0 atom stereocenters. The highest BCUT2D eigenvalue weighted by Gasteiger charge is 2.50. The number of aromatic nitrogens is 1. The van der Waals surface area contributed by atoms with Crippen molar-refractivity contribution in [3.63, 3.8) is 0 Å². The molecule has 31 heavy (non-hydrogen) atoms. The lowest BCUT2D eigenvalue weighted by Gasteiger charge is -2.40. The van der Waals surface area contributed by atoms with Gasteiger partial charge in [0.1, 0.15) is 5.82 Å². The molecule has 2 saturated heterocycles. The first-order valence-corrected chi connectivity index (χ1v) is 11.1. The quantitative estimate of drug-likeness (QED) is 0.568. The monoisotopic (exact) mass is 426 g/mol. The van der Waals surface area contributed by atoms with Crippen LogP contribution in [0, 0.1) is 24.8 Å². The van der Waals surface area contributed by atoms with Crippen molar-refractivity contribution < 1.29 is 19.4 Å². The number of terminal acetylenes is 1. The molecule has 1 aromatic rings. The summed E-state index contributed by atoms with van der Waals surface area (Å²) >= 11 is 0.